The molecule has 1 amide bonds. The highest BCUT2D eigenvalue weighted by Gasteiger charge is 2.27. The first-order chi connectivity index (χ1) is 9.20. The van der Waals surface area contributed by atoms with Crippen molar-refractivity contribution in [2.45, 2.75) is 25.8 Å². The minimum Gasteiger partial charge on any atom is -0.324 e. The summed E-state index contributed by atoms with van der Waals surface area (Å²) < 4.78 is 2.04. The molecule has 2 aromatic rings. The summed E-state index contributed by atoms with van der Waals surface area (Å²) in [5, 5.41) is 2.80. The molecule has 19 heavy (non-hydrogen) atoms. The van der Waals surface area contributed by atoms with Crippen LogP contribution in [-0.4, -0.2) is 15.5 Å². The Morgan fingerprint density at radius 2 is 2.32 bits per heavy atom. The second kappa shape index (κ2) is 4.51. The molecule has 0 saturated carbocycles. The molecule has 1 atom stereocenters. The Hall–Kier alpha value is -2.14. The molecule has 0 radical (unpaired) electrons. The largest absolute Gasteiger partial charge is 0.324 e. The first kappa shape index (κ1) is 11.9. The average Bonchev–Trinajstić information content (AvgIpc) is 2.96. The first-order valence-electron chi connectivity index (χ1n) is 6.43. The molecule has 0 aliphatic carbocycles. The molecule has 2 heterocycles. The molecule has 1 aromatic heterocycles. The fourth-order valence-electron chi connectivity index (χ4n) is 2.40. The number of nitrogens with two attached hydrogens (primary N) is 1. The molecule has 0 saturated heterocycles. The van der Waals surface area contributed by atoms with Gasteiger partial charge in [0.2, 0.25) is 5.91 Å². The number of nitrogens with zero attached hydrogens (tertiary/aromatic N) is 2. The number of aryl methyl sites for hydroxylation is 1. The maximum Gasteiger partial charge on any atom is 0.245 e. The second-order valence-corrected chi connectivity index (χ2v) is 4.70. The number of anilines is 1. The first-order valence-corrected chi connectivity index (χ1v) is 6.43. The van der Waals surface area contributed by atoms with Crippen LogP contribution >= 0.6 is 0 Å². The number of imidazole rings is 1. The molecule has 5 heteroatoms. The van der Waals surface area contributed by atoms with Crippen molar-refractivity contribution in [3.63, 3.8) is 0 Å². The molecule has 0 spiro atoms. The van der Waals surface area contributed by atoms with Crippen molar-refractivity contribution in [2.24, 2.45) is 5.73 Å². The lowest BCUT2D eigenvalue weighted by molar-refractivity contribution is -0.116. The number of aromatic nitrogens is 2. The third-order valence-electron chi connectivity index (χ3n) is 3.38. The van der Waals surface area contributed by atoms with Crippen molar-refractivity contribution < 1.29 is 4.79 Å². The van der Waals surface area contributed by atoms with E-state index in [1.54, 1.807) is 6.20 Å². The minimum absolute atomic E-state index is 0.147. The molecule has 3 N–H and O–H groups in total. The van der Waals surface area contributed by atoms with Crippen LogP contribution in [0.25, 0.3) is 5.69 Å². The highest BCUT2D eigenvalue weighted by atomic mass is 16.2. The van der Waals surface area contributed by atoms with E-state index in [0.717, 1.165) is 35.6 Å². The lowest BCUT2D eigenvalue weighted by atomic mass is 10.1. The van der Waals surface area contributed by atoms with Crippen molar-refractivity contribution in [1.29, 1.82) is 0 Å². The quantitative estimate of drug-likeness (QED) is 0.879. The Balaban J connectivity index is 2.02. The highest BCUT2D eigenvalue weighted by Crippen LogP contribution is 2.31. The SMILES string of the molecule is CCCc1nccn1-c1ccc2c(c1)NC(=O)C2N. The minimum atomic E-state index is -0.554. The summed E-state index contributed by atoms with van der Waals surface area (Å²) in [6.07, 6.45) is 5.70. The van der Waals surface area contributed by atoms with E-state index in [4.69, 9.17) is 5.73 Å². The van der Waals surface area contributed by atoms with Gasteiger partial charge in [0, 0.05) is 35.8 Å². The van der Waals surface area contributed by atoms with Crippen LogP contribution in [0.1, 0.15) is 30.8 Å². The zero-order valence-electron chi connectivity index (χ0n) is 10.8. The van der Waals surface area contributed by atoms with Crippen LogP contribution < -0.4 is 11.1 Å². The molecular formula is C14H16N4O. The maximum atomic E-state index is 11.5. The van der Waals surface area contributed by atoms with E-state index < -0.39 is 6.04 Å². The predicted molar refractivity (Wildman–Crippen MR) is 73.1 cm³/mol. The molecular weight excluding hydrogens is 240 g/mol. The summed E-state index contributed by atoms with van der Waals surface area (Å²) in [6.45, 7) is 2.13. The van der Waals surface area contributed by atoms with Gasteiger partial charge >= 0.3 is 0 Å². The van der Waals surface area contributed by atoms with Crippen LogP contribution in [0.3, 0.4) is 0 Å². The van der Waals surface area contributed by atoms with Gasteiger partial charge in [-0.3, -0.25) is 4.79 Å². The monoisotopic (exact) mass is 256 g/mol. The van der Waals surface area contributed by atoms with Gasteiger partial charge in [0.05, 0.1) is 0 Å². The summed E-state index contributed by atoms with van der Waals surface area (Å²) in [5.41, 5.74) is 8.45. The number of benzene rings is 1. The van der Waals surface area contributed by atoms with Gasteiger partial charge in [0.15, 0.2) is 0 Å². The molecule has 1 unspecified atom stereocenters. The van der Waals surface area contributed by atoms with Gasteiger partial charge in [-0.1, -0.05) is 13.0 Å². The molecule has 0 fully saturated rings. The fraction of sp³-hybridized carbons (Fsp3) is 0.286. The van der Waals surface area contributed by atoms with Gasteiger partial charge < -0.3 is 15.6 Å². The summed E-state index contributed by atoms with van der Waals surface area (Å²) in [6, 6.07) is 5.27. The number of hydrogen-bond donors (Lipinski definition) is 2. The molecule has 0 bridgehead atoms. The van der Waals surface area contributed by atoms with Crippen LogP contribution in [-0.2, 0) is 11.2 Å². The Kier molecular flexibility index (Phi) is 2.83. The maximum absolute atomic E-state index is 11.5. The van der Waals surface area contributed by atoms with E-state index in [9.17, 15) is 4.79 Å². The van der Waals surface area contributed by atoms with Crippen molar-refractivity contribution in [1.82, 2.24) is 9.55 Å². The number of carbonyl (C=O) groups is 1. The van der Waals surface area contributed by atoms with Gasteiger partial charge in [-0.2, -0.15) is 0 Å². The van der Waals surface area contributed by atoms with Gasteiger partial charge in [-0.25, -0.2) is 4.98 Å². The zero-order valence-corrected chi connectivity index (χ0v) is 10.8. The number of hydrogen-bond acceptors (Lipinski definition) is 3. The Morgan fingerprint density at radius 1 is 1.47 bits per heavy atom. The van der Waals surface area contributed by atoms with E-state index in [0.29, 0.717) is 0 Å². The molecule has 5 nitrogen and oxygen atoms in total. The Morgan fingerprint density at radius 3 is 3.11 bits per heavy atom. The van der Waals surface area contributed by atoms with Crippen LogP contribution in [0, 0.1) is 0 Å². The number of fused-ring (bicyclic) bond motifs is 1. The predicted octanol–water partition coefficient (Wildman–Crippen LogP) is 1.78. The van der Waals surface area contributed by atoms with Crippen LogP contribution in [0.4, 0.5) is 5.69 Å². The summed E-state index contributed by atoms with van der Waals surface area (Å²) >= 11 is 0. The van der Waals surface area contributed by atoms with Gasteiger partial charge in [-0.15, -0.1) is 0 Å². The van der Waals surface area contributed by atoms with Crippen molar-refractivity contribution in [3.05, 3.63) is 42.0 Å². The number of nitrogens with one attached hydrogen (secondary N) is 1. The number of rotatable bonds is 3. The van der Waals surface area contributed by atoms with Crippen LogP contribution in [0.15, 0.2) is 30.6 Å². The topological polar surface area (TPSA) is 72.9 Å². The lowest BCUT2D eigenvalue weighted by Gasteiger charge is -2.09. The Labute approximate surface area is 111 Å². The van der Waals surface area contributed by atoms with Gasteiger partial charge in [-0.05, 0) is 18.6 Å². The summed E-state index contributed by atoms with van der Waals surface area (Å²) in [4.78, 5) is 15.9. The normalized spacial score (nSPS) is 17.4. The van der Waals surface area contributed by atoms with Crippen molar-refractivity contribution in [2.75, 3.05) is 5.32 Å². The van der Waals surface area contributed by atoms with E-state index in [2.05, 4.69) is 17.2 Å². The number of amides is 1. The smallest absolute Gasteiger partial charge is 0.245 e. The Bertz CT molecular complexity index is 632. The van der Waals surface area contributed by atoms with E-state index in [-0.39, 0.29) is 5.91 Å². The molecule has 98 valence electrons. The van der Waals surface area contributed by atoms with Crippen LogP contribution in [0.2, 0.25) is 0 Å². The molecule has 1 aliphatic heterocycles. The third-order valence-corrected chi connectivity index (χ3v) is 3.38. The van der Waals surface area contributed by atoms with E-state index in [1.165, 1.54) is 0 Å². The van der Waals surface area contributed by atoms with Gasteiger partial charge in [0.25, 0.3) is 0 Å². The number of carbonyl (C=O) groups excluding carboxylic acids is 1. The average molecular weight is 256 g/mol. The van der Waals surface area contributed by atoms with Crippen molar-refractivity contribution in [3.8, 4) is 5.69 Å². The molecule has 1 aromatic carbocycles. The zero-order chi connectivity index (χ0) is 13.4. The van der Waals surface area contributed by atoms with Crippen molar-refractivity contribution >= 4 is 11.6 Å². The van der Waals surface area contributed by atoms with Gasteiger partial charge in [0.1, 0.15) is 11.9 Å². The standard InChI is InChI=1S/C14H16N4O/c1-2-3-12-16-6-7-18(12)9-4-5-10-11(8-9)17-14(19)13(10)15/h4-8,13H,2-3,15H2,1H3,(H,17,19). The lowest BCUT2D eigenvalue weighted by Crippen LogP contribution is -2.19. The fourth-order valence-corrected chi connectivity index (χ4v) is 2.40. The van der Waals surface area contributed by atoms with E-state index in [1.807, 2.05) is 29.0 Å². The summed E-state index contributed by atoms with van der Waals surface area (Å²) in [5.74, 6) is 0.877. The summed E-state index contributed by atoms with van der Waals surface area (Å²) in [7, 11) is 0. The molecule has 1 aliphatic rings. The van der Waals surface area contributed by atoms with Crippen LogP contribution in [0.5, 0.6) is 0 Å². The highest BCUT2D eigenvalue weighted by molar-refractivity contribution is 6.02. The molecule has 3 rings (SSSR count). The van der Waals surface area contributed by atoms with E-state index >= 15 is 0 Å². The second-order valence-electron chi connectivity index (χ2n) is 4.70. The third kappa shape index (κ3) is 1.92.